The highest BCUT2D eigenvalue weighted by molar-refractivity contribution is 9.08. The molecule has 0 aromatic carbocycles. The molecule has 0 saturated heterocycles. The highest BCUT2D eigenvalue weighted by Gasteiger charge is 2.33. The molecule has 1 N–H and O–H groups in total. The number of ether oxygens (including phenoxy) is 1. The molecule has 8 heteroatoms. The van der Waals surface area contributed by atoms with Crippen LogP contribution in [0.4, 0.5) is 13.2 Å². The summed E-state index contributed by atoms with van der Waals surface area (Å²) in [6.07, 6.45) is -5.37. The Balaban J connectivity index is 3.28. The number of alkyl halides is 4. The third-order valence-electron chi connectivity index (χ3n) is 1.77. The van der Waals surface area contributed by atoms with Gasteiger partial charge < -0.3 is 9.72 Å². The second-order valence-corrected chi connectivity index (χ2v) is 3.54. The Bertz CT molecular complexity index is 504. The van der Waals surface area contributed by atoms with E-state index in [-0.39, 0.29) is 16.6 Å². The van der Waals surface area contributed by atoms with Crippen molar-refractivity contribution in [2.45, 2.75) is 18.1 Å². The number of pyridine rings is 1. The third kappa shape index (κ3) is 3.78. The summed E-state index contributed by atoms with van der Waals surface area (Å²) in [5, 5.41) is 8.61. The molecule has 0 aliphatic carbocycles. The molecule has 0 radical (unpaired) electrons. The number of aromatic nitrogens is 1. The number of nitrogens with one attached hydrogen (secondary N) is 1. The standard InChI is InChI=1S/C9H6BrF3N2O2/c10-4-5-3-7(16)6(1-2-14)8(15-5)17-9(11,12)13/h3H,1,4H2,(H,15,16). The molecule has 0 aliphatic heterocycles. The van der Waals surface area contributed by atoms with E-state index < -0.39 is 24.1 Å². The van der Waals surface area contributed by atoms with E-state index in [0.717, 1.165) is 6.07 Å². The van der Waals surface area contributed by atoms with E-state index in [1.54, 1.807) is 6.07 Å². The summed E-state index contributed by atoms with van der Waals surface area (Å²) >= 11 is 3.00. The molecule has 0 amide bonds. The number of aromatic amines is 1. The third-order valence-corrected chi connectivity index (χ3v) is 2.37. The summed E-state index contributed by atoms with van der Waals surface area (Å²) < 4.78 is 40.0. The normalized spacial score (nSPS) is 11.0. The molecule has 1 aromatic rings. The molecule has 0 unspecified atom stereocenters. The Labute approximate surface area is 102 Å². The Morgan fingerprint density at radius 2 is 2.18 bits per heavy atom. The molecule has 0 saturated carbocycles. The van der Waals surface area contributed by atoms with Crippen LogP contribution >= 0.6 is 15.9 Å². The molecule has 4 nitrogen and oxygen atoms in total. The second-order valence-electron chi connectivity index (χ2n) is 2.98. The molecule has 1 aromatic heterocycles. The summed E-state index contributed by atoms with van der Waals surface area (Å²) in [7, 11) is 0. The first kappa shape index (κ1) is 13.6. The number of nitrogens with zero attached hydrogens (tertiary/aromatic N) is 1. The number of hydrogen-bond donors (Lipinski definition) is 1. The van der Waals surface area contributed by atoms with E-state index in [9.17, 15) is 18.0 Å². The predicted octanol–water partition coefficient (Wildman–Crippen LogP) is 2.23. The maximum Gasteiger partial charge on any atom is 0.574 e. The fraction of sp³-hybridized carbons (Fsp3) is 0.333. The second kappa shape index (κ2) is 5.23. The molecule has 0 aliphatic rings. The van der Waals surface area contributed by atoms with Crippen LogP contribution < -0.4 is 10.2 Å². The van der Waals surface area contributed by atoms with Crippen molar-refractivity contribution in [1.29, 1.82) is 5.26 Å². The lowest BCUT2D eigenvalue weighted by atomic mass is 10.2. The van der Waals surface area contributed by atoms with Gasteiger partial charge in [0.15, 0.2) is 5.43 Å². The van der Waals surface area contributed by atoms with Crippen LogP contribution in [0.15, 0.2) is 10.9 Å². The molecule has 1 heterocycles. The number of H-pyrrole nitrogens is 1. The molecule has 0 atom stereocenters. The van der Waals surface area contributed by atoms with E-state index in [4.69, 9.17) is 5.26 Å². The van der Waals surface area contributed by atoms with Crippen LogP contribution in [-0.4, -0.2) is 11.3 Å². The largest absolute Gasteiger partial charge is 0.574 e. The van der Waals surface area contributed by atoms with E-state index >= 15 is 0 Å². The molecule has 0 fully saturated rings. The Kier molecular flexibility index (Phi) is 4.17. The zero-order chi connectivity index (χ0) is 13.1. The fourth-order valence-corrected chi connectivity index (χ4v) is 1.44. The van der Waals surface area contributed by atoms with E-state index in [0.29, 0.717) is 0 Å². The van der Waals surface area contributed by atoms with Gasteiger partial charge in [0, 0.05) is 17.1 Å². The lowest BCUT2D eigenvalue weighted by Gasteiger charge is -2.12. The molecular weight excluding hydrogens is 305 g/mol. The summed E-state index contributed by atoms with van der Waals surface area (Å²) in [5.74, 6) is -0.735. The minimum atomic E-state index is -4.92. The van der Waals surface area contributed by atoms with Crippen molar-refractivity contribution >= 4 is 15.9 Å². The quantitative estimate of drug-likeness (QED) is 0.871. The van der Waals surface area contributed by atoms with Crippen molar-refractivity contribution in [2.75, 3.05) is 0 Å². The van der Waals surface area contributed by atoms with Gasteiger partial charge in [-0.1, -0.05) is 15.9 Å². The van der Waals surface area contributed by atoms with Gasteiger partial charge in [-0.25, -0.2) is 0 Å². The maximum absolute atomic E-state index is 12.1. The van der Waals surface area contributed by atoms with E-state index in [2.05, 4.69) is 25.7 Å². The highest BCUT2D eigenvalue weighted by Crippen LogP contribution is 2.23. The summed E-state index contributed by atoms with van der Waals surface area (Å²) in [6, 6.07) is 2.73. The van der Waals surface area contributed by atoms with E-state index in [1.165, 1.54) is 0 Å². The van der Waals surface area contributed by atoms with Gasteiger partial charge in [0.25, 0.3) is 0 Å². The van der Waals surface area contributed by atoms with Crippen LogP contribution in [0.25, 0.3) is 0 Å². The minimum absolute atomic E-state index is 0.170. The van der Waals surface area contributed by atoms with Crippen LogP contribution in [-0.2, 0) is 11.8 Å². The molecule has 0 spiro atoms. The van der Waals surface area contributed by atoms with Crippen LogP contribution in [0.1, 0.15) is 11.3 Å². The number of hydrogen-bond acceptors (Lipinski definition) is 3. The predicted molar refractivity (Wildman–Crippen MR) is 55.7 cm³/mol. The van der Waals surface area contributed by atoms with Gasteiger partial charge in [0.1, 0.15) is 0 Å². The minimum Gasteiger partial charge on any atom is -0.389 e. The van der Waals surface area contributed by atoms with Gasteiger partial charge in [-0.05, 0) is 0 Å². The topological polar surface area (TPSA) is 65.9 Å². The zero-order valence-corrected chi connectivity index (χ0v) is 9.85. The van der Waals surface area contributed by atoms with Crippen LogP contribution in [0.3, 0.4) is 0 Å². The molecule has 0 bridgehead atoms. The van der Waals surface area contributed by atoms with Gasteiger partial charge in [0.2, 0.25) is 5.88 Å². The Morgan fingerprint density at radius 3 is 2.65 bits per heavy atom. The highest BCUT2D eigenvalue weighted by atomic mass is 79.9. The van der Waals surface area contributed by atoms with Crippen molar-refractivity contribution in [2.24, 2.45) is 0 Å². The van der Waals surface area contributed by atoms with Crippen molar-refractivity contribution in [3.8, 4) is 11.9 Å². The summed E-state index contributed by atoms with van der Waals surface area (Å²) in [5.41, 5.74) is -0.774. The van der Waals surface area contributed by atoms with Gasteiger partial charge in [-0.3, -0.25) is 4.79 Å². The first-order valence-electron chi connectivity index (χ1n) is 4.31. The maximum atomic E-state index is 12.1. The average Bonchev–Trinajstić information content (AvgIpc) is 2.20. The van der Waals surface area contributed by atoms with Gasteiger partial charge in [-0.2, -0.15) is 5.26 Å². The zero-order valence-electron chi connectivity index (χ0n) is 8.27. The van der Waals surface area contributed by atoms with Crippen LogP contribution in [0.2, 0.25) is 0 Å². The number of rotatable bonds is 3. The van der Waals surface area contributed by atoms with Crippen molar-refractivity contribution < 1.29 is 17.9 Å². The molecular formula is C9H6BrF3N2O2. The first-order chi connectivity index (χ1) is 7.87. The fourth-order valence-electron chi connectivity index (χ4n) is 1.14. The lowest BCUT2D eigenvalue weighted by Crippen LogP contribution is -2.22. The Morgan fingerprint density at radius 1 is 1.53 bits per heavy atom. The van der Waals surface area contributed by atoms with Gasteiger partial charge in [0.05, 0.1) is 18.1 Å². The van der Waals surface area contributed by atoms with Crippen LogP contribution in [0.5, 0.6) is 5.88 Å². The monoisotopic (exact) mass is 310 g/mol. The van der Waals surface area contributed by atoms with E-state index in [1.807, 2.05) is 0 Å². The van der Waals surface area contributed by atoms with Crippen LogP contribution in [0, 0.1) is 11.3 Å². The summed E-state index contributed by atoms with van der Waals surface area (Å²) in [4.78, 5) is 13.8. The number of nitriles is 1. The SMILES string of the molecule is N#CCc1c(OC(F)(F)F)[nH]c(CBr)cc1=O. The number of halogens is 4. The summed E-state index contributed by atoms with van der Waals surface area (Å²) in [6.45, 7) is 0. The van der Waals surface area contributed by atoms with Gasteiger partial charge in [-0.15, -0.1) is 13.2 Å². The van der Waals surface area contributed by atoms with Crippen molar-refractivity contribution in [1.82, 2.24) is 4.98 Å². The molecule has 92 valence electrons. The lowest BCUT2D eigenvalue weighted by molar-refractivity contribution is -0.276. The van der Waals surface area contributed by atoms with Gasteiger partial charge >= 0.3 is 6.36 Å². The van der Waals surface area contributed by atoms with Crippen molar-refractivity contribution in [3.05, 3.63) is 27.5 Å². The smallest absolute Gasteiger partial charge is 0.389 e. The average molecular weight is 311 g/mol. The first-order valence-corrected chi connectivity index (χ1v) is 5.43. The molecule has 1 rings (SSSR count). The Hall–Kier alpha value is -1.49. The van der Waals surface area contributed by atoms with Crippen molar-refractivity contribution in [3.63, 3.8) is 0 Å². The molecule has 17 heavy (non-hydrogen) atoms.